The monoisotopic (exact) mass is 585 g/mol. The van der Waals surface area contributed by atoms with Crippen LogP contribution in [0.3, 0.4) is 0 Å². The summed E-state index contributed by atoms with van der Waals surface area (Å²) in [5.74, 6) is 1.88. The van der Waals surface area contributed by atoms with Crippen LogP contribution in [0.1, 0.15) is 5.56 Å². The zero-order chi connectivity index (χ0) is 27.6. The van der Waals surface area contributed by atoms with Crippen molar-refractivity contribution in [3.63, 3.8) is 0 Å². The molecule has 0 unspecified atom stereocenters. The molecule has 0 atom stereocenters. The number of hydrogen-bond acceptors (Lipinski definition) is 9. The molecule has 202 valence electrons. The van der Waals surface area contributed by atoms with Gasteiger partial charge >= 0.3 is 0 Å². The van der Waals surface area contributed by atoms with Gasteiger partial charge in [-0.25, -0.2) is 9.97 Å². The minimum absolute atomic E-state index is 0.434. The van der Waals surface area contributed by atoms with Crippen LogP contribution in [-0.2, 0) is 16.4 Å². The van der Waals surface area contributed by atoms with Crippen LogP contribution in [0.2, 0.25) is 10.0 Å². The van der Waals surface area contributed by atoms with Gasteiger partial charge in [0, 0.05) is 42.0 Å². The molecule has 0 spiro atoms. The van der Waals surface area contributed by atoms with E-state index in [2.05, 4.69) is 47.6 Å². The van der Waals surface area contributed by atoms with Crippen LogP contribution >= 0.6 is 36.1 Å². The lowest BCUT2D eigenvalue weighted by Gasteiger charge is -2.08. The van der Waals surface area contributed by atoms with E-state index in [-0.39, 0.29) is 0 Å². The number of nitrogens with zero attached hydrogens (tertiary/aromatic N) is 4. The number of ether oxygens (including phenoxy) is 1. The summed E-state index contributed by atoms with van der Waals surface area (Å²) in [6.45, 7) is 3.00. The van der Waals surface area contributed by atoms with E-state index < -0.39 is 0 Å². The molecule has 39 heavy (non-hydrogen) atoms. The fourth-order valence-corrected chi connectivity index (χ4v) is 4.12. The molecule has 2 aromatic heterocycles. The van der Waals surface area contributed by atoms with Gasteiger partial charge in [-0.05, 0) is 54.4 Å². The van der Waals surface area contributed by atoms with Crippen LogP contribution in [0.25, 0.3) is 22.2 Å². The number of fused-ring (bicyclic) bond motifs is 1. The molecule has 0 saturated carbocycles. The van der Waals surface area contributed by atoms with Crippen LogP contribution in [0.5, 0.6) is 11.6 Å². The smallest absolute Gasteiger partial charge is 0.233 e. The fraction of sp³-hybridized carbons (Fsp3) is 0.148. The molecule has 0 aliphatic rings. The van der Waals surface area contributed by atoms with Crippen molar-refractivity contribution in [3.8, 4) is 22.9 Å². The number of anilines is 1. The van der Waals surface area contributed by atoms with Crippen molar-refractivity contribution in [2.24, 2.45) is 7.05 Å². The third kappa shape index (κ3) is 7.98. The number of aromatic nitrogens is 4. The molecular weight excluding hydrogens is 561 g/mol. The summed E-state index contributed by atoms with van der Waals surface area (Å²) < 4.78 is 11.5. The minimum atomic E-state index is 0.434. The molecule has 0 amide bonds. The van der Waals surface area contributed by atoms with E-state index in [0.717, 1.165) is 33.5 Å². The first-order valence-electron chi connectivity index (χ1n) is 11.7. The Morgan fingerprint density at radius 1 is 0.974 bits per heavy atom. The first-order chi connectivity index (χ1) is 18.9. The highest BCUT2D eigenvalue weighted by Gasteiger charge is 2.12. The topological polar surface area (TPSA) is 92.6 Å². The Morgan fingerprint density at radius 2 is 1.77 bits per heavy atom. The van der Waals surface area contributed by atoms with Crippen molar-refractivity contribution in [3.05, 3.63) is 94.7 Å². The maximum atomic E-state index is 6.30. The number of benzene rings is 3. The lowest BCUT2D eigenvalue weighted by molar-refractivity contribution is -0.402. The highest BCUT2D eigenvalue weighted by molar-refractivity contribution is 7.74. The standard InChI is InChI=1S/C20H17Cl2N5O.C7H8O3S/c1-27-18(14-7-6-13(21)10-16(14)22)11-19(26-27)28-9-8-23-20-15-4-2-3-5-17(15)24-12-25-20;1-6-2-4-7(5-3-6)8-9-10-11/h2-7,10-12H,8-9H2,1H3,(H,23,24,25);2-5,11H,1H3. The van der Waals surface area contributed by atoms with Gasteiger partial charge in [0.05, 0.1) is 22.8 Å². The highest BCUT2D eigenvalue weighted by Crippen LogP contribution is 2.31. The Hall–Kier alpha value is -3.54. The molecular formula is C27H25Cl2N5O4S. The zero-order valence-corrected chi connectivity index (χ0v) is 23.5. The van der Waals surface area contributed by atoms with Crippen LogP contribution in [0, 0.1) is 6.92 Å². The number of hydrogen-bond donors (Lipinski definition) is 2. The Balaban J connectivity index is 0.000000270. The fourth-order valence-electron chi connectivity index (χ4n) is 3.58. The molecule has 5 aromatic rings. The summed E-state index contributed by atoms with van der Waals surface area (Å²) in [7, 11) is 1.85. The number of nitrogens with one attached hydrogen (secondary N) is 1. The van der Waals surface area contributed by atoms with Crippen molar-refractivity contribution >= 4 is 52.8 Å². The van der Waals surface area contributed by atoms with Gasteiger partial charge in [-0.2, -0.15) is 0 Å². The van der Waals surface area contributed by atoms with E-state index in [1.54, 1.807) is 35.3 Å². The summed E-state index contributed by atoms with van der Waals surface area (Å²) in [5.41, 5.74) is 3.76. The summed E-state index contributed by atoms with van der Waals surface area (Å²) >= 11 is 15.6. The molecule has 12 heteroatoms. The molecule has 0 aliphatic carbocycles. The second kappa shape index (κ2) is 14.0. The summed E-state index contributed by atoms with van der Waals surface area (Å²) in [6.07, 6.45) is 1.55. The third-order valence-electron chi connectivity index (χ3n) is 5.43. The van der Waals surface area contributed by atoms with Crippen molar-refractivity contribution in [2.75, 3.05) is 18.5 Å². The summed E-state index contributed by atoms with van der Waals surface area (Å²) in [5, 5.41) is 13.9. The quantitative estimate of drug-likeness (QED) is 0.0633. The molecule has 2 heterocycles. The number of halogens is 2. The van der Waals surface area contributed by atoms with Crippen molar-refractivity contribution in [1.82, 2.24) is 19.7 Å². The molecule has 0 fully saturated rings. The van der Waals surface area contributed by atoms with Gasteiger partial charge in [-0.3, -0.25) is 4.68 Å². The Bertz CT molecular complexity index is 1510. The average Bonchev–Trinajstić information content (AvgIpc) is 3.31. The first-order valence-corrected chi connectivity index (χ1v) is 12.8. The minimum Gasteiger partial charge on any atom is -0.475 e. The molecule has 1 N–H and O–H groups in total. The van der Waals surface area contributed by atoms with Crippen LogP contribution in [-0.4, -0.2) is 32.9 Å². The summed E-state index contributed by atoms with van der Waals surface area (Å²) in [6, 6.07) is 22.4. The lowest BCUT2D eigenvalue weighted by Crippen LogP contribution is -2.13. The Kier molecular flexibility index (Phi) is 10.2. The van der Waals surface area contributed by atoms with Crippen LogP contribution in [0.15, 0.2) is 79.1 Å². The number of rotatable bonds is 9. The van der Waals surface area contributed by atoms with Gasteiger partial charge in [0.1, 0.15) is 18.8 Å². The highest BCUT2D eigenvalue weighted by atomic mass is 35.5. The van der Waals surface area contributed by atoms with E-state index in [1.165, 1.54) is 0 Å². The van der Waals surface area contributed by atoms with Crippen LogP contribution < -0.4 is 14.9 Å². The normalized spacial score (nSPS) is 10.6. The van der Waals surface area contributed by atoms with E-state index in [4.69, 9.17) is 27.9 Å². The predicted octanol–water partition coefficient (Wildman–Crippen LogP) is 6.91. The zero-order valence-electron chi connectivity index (χ0n) is 21.0. The maximum Gasteiger partial charge on any atom is 0.233 e. The predicted molar refractivity (Wildman–Crippen MR) is 155 cm³/mol. The largest absolute Gasteiger partial charge is 0.475 e. The van der Waals surface area contributed by atoms with Gasteiger partial charge in [0.15, 0.2) is 5.75 Å². The maximum absolute atomic E-state index is 6.30. The molecule has 0 saturated heterocycles. The number of thiol groups is 1. The Labute approximate surface area is 241 Å². The molecule has 0 bridgehead atoms. The van der Waals surface area contributed by atoms with E-state index in [9.17, 15) is 0 Å². The third-order valence-corrected chi connectivity index (χ3v) is 6.04. The van der Waals surface area contributed by atoms with E-state index in [0.29, 0.717) is 34.8 Å². The first kappa shape index (κ1) is 28.5. The molecule has 0 aliphatic heterocycles. The molecule has 9 nitrogen and oxygen atoms in total. The van der Waals surface area contributed by atoms with E-state index in [1.807, 2.05) is 62.5 Å². The van der Waals surface area contributed by atoms with Crippen LogP contribution in [0.4, 0.5) is 5.82 Å². The number of aryl methyl sites for hydroxylation is 2. The van der Waals surface area contributed by atoms with Gasteiger partial charge < -0.3 is 14.9 Å². The second-order valence-corrected chi connectivity index (χ2v) is 9.16. The SMILES string of the molecule is Cc1ccc(OOOS)cc1.Cn1nc(OCCNc2ncnc3ccccc23)cc1-c1ccc(Cl)cc1Cl. The van der Waals surface area contributed by atoms with Crippen molar-refractivity contribution in [1.29, 1.82) is 0 Å². The molecule has 3 aromatic carbocycles. The van der Waals surface area contributed by atoms with Gasteiger partial charge in [-0.1, -0.05) is 53.0 Å². The van der Waals surface area contributed by atoms with E-state index >= 15 is 0 Å². The number of para-hydroxylation sites is 1. The second-order valence-electron chi connectivity index (χ2n) is 8.17. The van der Waals surface area contributed by atoms with Crippen molar-refractivity contribution in [2.45, 2.75) is 6.92 Å². The van der Waals surface area contributed by atoms with Gasteiger partial charge in [0.25, 0.3) is 0 Å². The Morgan fingerprint density at radius 3 is 2.54 bits per heavy atom. The lowest BCUT2D eigenvalue weighted by atomic mass is 10.1. The molecule has 0 radical (unpaired) electrons. The molecule has 5 rings (SSSR count). The average molecular weight is 587 g/mol. The van der Waals surface area contributed by atoms with Gasteiger partial charge in [-0.15, -0.1) is 9.43 Å². The summed E-state index contributed by atoms with van der Waals surface area (Å²) in [4.78, 5) is 13.2. The van der Waals surface area contributed by atoms with Crippen molar-refractivity contribution < 1.29 is 19.0 Å². The van der Waals surface area contributed by atoms with Gasteiger partial charge in [0.2, 0.25) is 5.88 Å².